The molecule has 0 aromatic heterocycles. The third-order valence-electron chi connectivity index (χ3n) is 2.24. The molecule has 94 valence electrons. The highest BCUT2D eigenvalue weighted by molar-refractivity contribution is 5.98. The van der Waals surface area contributed by atoms with Crippen LogP contribution in [0.4, 0.5) is 10.5 Å². The third kappa shape index (κ3) is 2.76. The number of hydrogen-bond acceptors (Lipinski definition) is 4. The average Bonchev–Trinajstić information content (AvgIpc) is 2.40. The minimum Gasteiger partial charge on any atom is -0.466 e. The molecule has 1 heterocycles. The number of nitrogens with zero attached hydrogens (tertiary/aromatic N) is 1. The molecule has 7 heteroatoms. The highest BCUT2D eigenvalue weighted by Crippen LogP contribution is 2.11. The Labute approximate surface area is 103 Å². The van der Waals surface area contributed by atoms with Crippen molar-refractivity contribution in [2.45, 2.75) is 0 Å². The monoisotopic (exact) mass is 248 g/mol. The minimum absolute atomic E-state index is 0.0446. The molecule has 1 aliphatic rings. The molecule has 0 aliphatic carbocycles. The van der Waals surface area contributed by atoms with E-state index in [1.165, 1.54) is 7.05 Å². The van der Waals surface area contributed by atoms with Crippen molar-refractivity contribution in [2.75, 3.05) is 19.0 Å². The summed E-state index contributed by atoms with van der Waals surface area (Å²) in [4.78, 5) is 21.9. The Morgan fingerprint density at radius 1 is 1.39 bits per heavy atom. The van der Waals surface area contributed by atoms with Crippen LogP contribution in [0.2, 0.25) is 0 Å². The number of amides is 3. The van der Waals surface area contributed by atoms with E-state index in [1.54, 1.807) is 24.3 Å². The number of urea groups is 1. The van der Waals surface area contributed by atoms with Crippen molar-refractivity contribution in [1.29, 1.82) is 0 Å². The van der Waals surface area contributed by atoms with Crippen LogP contribution >= 0.6 is 0 Å². The molecule has 0 saturated heterocycles. The molecule has 0 unspecified atom stereocenters. The van der Waals surface area contributed by atoms with Gasteiger partial charge in [0.25, 0.3) is 5.91 Å². The Kier molecular flexibility index (Phi) is 3.42. The Balaban J connectivity index is 2.08. The smallest absolute Gasteiger partial charge is 0.318 e. The lowest BCUT2D eigenvalue weighted by Gasteiger charge is -2.13. The summed E-state index contributed by atoms with van der Waals surface area (Å²) in [6.45, 7) is -0.0446. The fraction of sp³-hybridized carbons (Fsp3) is 0.182. The third-order valence-corrected chi connectivity index (χ3v) is 2.24. The molecular weight excluding hydrogens is 236 g/mol. The van der Waals surface area contributed by atoms with E-state index in [0.717, 1.165) is 5.56 Å². The zero-order valence-electron chi connectivity index (χ0n) is 9.69. The van der Waals surface area contributed by atoms with E-state index in [2.05, 4.69) is 21.2 Å². The van der Waals surface area contributed by atoms with Gasteiger partial charge in [0.05, 0.1) is 0 Å². The number of rotatable bonds is 2. The maximum Gasteiger partial charge on any atom is 0.318 e. The van der Waals surface area contributed by atoms with Crippen LogP contribution in [0.1, 0.15) is 5.56 Å². The van der Waals surface area contributed by atoms with Crippen molar-refractivity contribution in [1.82, 2.24) is 10.7 Å². The van der Waals surface area contributed by atoms with Crippen LogP contribution in [0, 0.1) is 0 Å². The molecule has 0 radical (unpaired) electrons. The first-order valence-corrected chi connectivity index (χ1v) is 5.27. The summed E-state index contributed by atoms with van der Waals surface area (Å²) in [6, 6.07) is 6.62. The van der Waals surface area contributed by atoms with Gasteiger partial charge < -0.3 is 15.4 Å². The Morgan fingerprint density at radius 2 is 2.11 bits per heavy atom. The standard InChI is InChI=1S/C11H12N4O3/c1-12-11(17)13-8-4-2-7(3-5-8)10-15-14-9(16)6-18-10/h2-5H,6H2,1H3,(H,14,16)(H2,12,13,17). The van der Waals surface area contributed by atoms with Crippen molar-refractivity contribution in [3.8, 4) is 0 Å². The first-order valence-electron chi connectivity index (χ1n) is 5.27. The lowest BCUT2D eigenvalue weighted by molar-refractivity contribution is -0.124. The quantitative estimate of drug-likeness (QED) is 0.700. The number of carbonyl (C=O) groups is 2. The number of carbonyl (C=O) groups excluding carboxylic acids is 2. The zero-order valence-corrected chi connectivity index (χ0v) is 9.69. The molecule has 0 saturated carbocycles. The van der Waals surface area contributed by atoms with Crippen LogP contribution < -0.4 is 16.1 Å². The van der Waals surface area contributed by atoms with Gasteiger partial charge >= 0.3 is 6.03 Å². The van der Waals surface area contributed by atoms with Gasteiger partial charge in [0.1, 0.15) is 0 Å². The molecule has 0 atom stereocenters. The van der Waals surface area contributed by atoms with Crippen molar-refractivity contribution in [3.05, 3.63) is 29.8 Å². The normalized spacial score (nSPS) is 14.1. The molecule has 7 nitrogen and oxygen atoms in total. The average molecular weight is 248 g/mol. The SMILES string of the molecule is CNC(=O)Nc1ccc(C2=NNC(=O)CO2)cc1. The largest absolute Gasteiger partial charge is 0.466 e. The Bertz CT molecular complexity index is 496. The van der Waals surface area contributed by atoms with Crippen LogP contribution in [0.15, 0.2) is 29.4 Å². The van der Waals surface area contributed by atoms with E-state index in [9.17, 15) is 9.59 Å². The first kappa shape index (κ1) is 11.9. The highest BCUT2D eigenvalue weighted by atomic mass is 16.5. The summed E-state index contributed by atoms with van der Waals surface area (Å²) in [5, 5.41) is 8.86. The number of benzene rings is 1. The van der Waals surface area contributed by atoms with Crippen LogP contribution in [-0.4, -0.2) is 31.5 Å². The molecule has 18 heavy (non-hydrogen) atoms. The summed E-state index contributed by atoms with van der Waals surface area (Å²) < 4.78 is 5.16. The number of anilines is 1. The molecule has 0 bridgehead atoms. The summed E-state index contributed by atoms with van der Waals surface area (Å²) >= 11 is 0. The highest BCUT2D eigenvalue weighted by Gasteiger charge is 2.13. The molecule has 1 aromatic rings. The van der Waals surface area contributed by atoms with E-state index < -0.39 is 0 Å². The van der Waals surface area contributed by atoms with Crippen LogP contribution in [0.5, 0.6) is 0 Å². The molecule has 3 N–H and O–H groups in total. The van der Waals surface area contributed by atoms with E-state index in [-0.39, 0.29) is 18.5 Å². The molecule has 3 amide bonds. The molecule has 1 aromatic carbocycles. The van der Waals surface area contributed by atoms with Crippen molar-refractivity contribution < 1.29 is 14.3 Å². The minimum atomic E-state index is -0.290. The molecule has 0 spiro atoms. The zero-order chi connectivity index (χ0) is 13.0. The van der Waals surface area contributed by atoms with Gasteiger partial charge in [0, 0.05) is 18.3 Å². The van der Waals surface area contributed by atoms with Gasteiger partial charge in [-0.3, -0.25) is 4.79 Å². The number of hydrazone groups is 1. The fourth-order valence-electron chi connectivity index (χ4n) is 1.35. The summed E-state index contributed by atoms with van der Waals surface area (Å²) in [5.74, 6) is 0.0674. The summed E-state index contributed by atoms with van der Waals surface area (Å²) in [7, 11) is 1.54. The van der Waals surface area contributed by atoms with Crippen molar-refractivity contribution >= 4 is 23.5 Å². The summed E-state index contributed by atoms with van der Waals surface area (Å²) in [6.07, 6.45) is 0. The second-order valence-corrected chi connectivity index (χ2v) is 3.52. The van der Waals surface area contributed by atoms with Crippen LogP contribution in [0.25, 0.3) is 0 Å². The number of ether oxygens (including phenoxy) is 1. The second kappa shape index (κ2) is 5.17. The Hall–Kier alpha value is -2.57. The van der Waals surface area contributed by atoms with Gasteiger partial charge in [0.15, 0.2) is 6.61 Å². The lowest BCUT2D eigenvalue weighted by atomic mass is 10.2. The van der Waals surface area contributed by atoms with Gasteiger partial charge in [0.2, 0.25) is 5.90 Å². The molecule has 1 aliphatic heterocycles. The number of nitrogens with one attached hydrogen (secondary N) is 3. The fourth-order valence-corrected chi connectivity index (χ4v) is 1.35. The van der Waals surface area contributed by atoms with Crippen LogP contribution in [0.3, 0.4) is 0 Å². The van der Waals surface area contributed by atoms with Crippen LogP contribution in [-0.2, 0) is 9.53 Å². The van der Waals surface area contributed by atoms with E-state index in [1.807, 2.05) is 0 Å². The van der Waals surface area contributed by atoms with Gasteiger partial charge in [-0.2, -0.15) is 0 Å². The maximum atomic E-state index is 11.1. The number of hydrogen-bond donors (Lipinski definition) is 3. The van der Waals surface area contributed by atoms with Crippen molar-refractivity contribution in [3.63, 3.8) is 0 Å². The Morgan fingerprint density at radius 3 is 2.67 bits per heavy atom. The van der Waals surface area contributed by atoms with Gasteiger partial charge in [-0.25, -0.2) is 10.2 Å². The first-order chi connectivity index (χ1) is 8.69. The molecule has 2 rings (SSSR count). The van der Waals surface area contributed by atoms with Gasteiger partial charge in [-0.15, -0.1) is 5.10 Å². The van der Waals surface area contributed by atoms with E-state index in [0.29, 0.717) is 11.6 Å². The van der Waals surface area contributed by atoms with Gasteiger partial charge in [-0.1, -0.05) is 0 Å². The van der Waals surface area contributed by atoms with Gasteiger partial charge in [-0.05, 0) is 24.3 Å². The van der Waals surface area contributed by atoms with Crippen molar-refractivity contribution in [2.24, 2.45) is 5.10 Å². The lowest BCUT2D eigenvalue weighted by Crippen LogP contribution is -2.32. The molecular formula is C11H12N4O3. The van der Waals surface area contributed by atoms with E-state index >= 15 is 0 Å². The molecule has 0 fully saturated rings. The predicted molar refractivity (Wildman–Crippen MR) is 65.2 cm³/mol. The maximum absolute atomic E-state index is 11.1. The second-order valence-electron chi connectivity index (χ2n) is 3.52. The van der Waals surface area contributed by atoms with E-state index in [4.69, 9.17) is 4.74 Å². The topological polar surface area (TPSA) is 91.8 Å². The predicted octanol–water partition coefficient (Wildman–Crippen LogP) is 0.246. The summed E-state index contributed by atoms with van der Waals surface area (Å²) in [5.41, 5.74) is 3.70.